The van der Waals surface area contributed by atoms with Gasteiger partial charge in [0.25, 0.3) is 10.0 Å². The Kier molecular flexibility index (Phi) is 5.79. The molecule has 150 valence electrons. The molecule has 4 rings (SSSR count). The van der Waals surface area contributed by atoms with Crippen LogP contribution in [0.1, 0.15) is 0 Å². The average molecular weight is 433 g/mol. The van der Waals surface area contributed by atoms with E-state index < -0.39 is 10.0 Å². The fraction of sp³-hybridized carbons (Fsp3) is 0.0417. The monoisotopic (exact) mass is 432 g/mol. The summed E-state index contributed by atoms with van der Waals surface area (Å²) in [5.41, 5.74) is 2.93. The first kappa shape index (κ1) is 20.1. The molecule has 0 atom stereocenters. The van der Waals surface area contributed by atoms with Crippen molar-refractivity contribution in [3.63, 3.8) is 0 Å². The van der Waals surface area contributed by atoms with E-state index in [4.69, 9.17) is 0 Å². The average Bonchev–Trinajstić information content (AvgIpc) is 3.13. The lowest BCUT2D eigenvalue weighted by molar-refractivity contribution is 0.595. The lowest BCUT2D eigenvalue weighted by Gasteiger charge is -2.09. The summed E-state index contributed by atoms with van der Waals surface area (Å²) in [4.78, 5) is 1.55. The summed E-state index contributed by atoms with van der Waals surface area (Å²) in [6.07, 6.45) is 1.75. The van der Waals surface area contributed by atoms with Gasteiger partial charge in [-0.2, -0.15) is 8.42 Å². The van der Waals surface area contributed by atoms with Gasteiger partial charge in [-0.3, -0.25) is 0 Å². The summed E-state index contributed by atoms with van der Waals surface area (Å²) in [6, 6.07) is 28.2. The third-order valence-corrected chi connectivity index (χ3v) is 7.07. The van der Waals surface area contributed by atoms with Crippen molar-refractivity contribution in [3.05, 3.63) is 108 Å². The van der Waals surface area contributed by atoms with Gasteiger partial charge in [0.2, 0.25) is 4.80 Å². The third kappa shape index (κ3) is 4.06. The molecule has 0 bridgehead atoms. The van der Waals surface area contributed by atoms with Gasteiger partial charge in [-0.25, -0.2) is 0 Å². The van der Waals surface area contributed by atoms with Crippen molar-refractivity contribution in [2.24, 2.45) is 4.40 Å². The molecule has 1 heterocycles. The highest BCUT2D eigenvalue weighted by Gasteiger charge is 2.19. The summed E-state index contributed by atoms with van der Waals surface area (Å²) in [5, 5.41) is 0. The zero-order valence-electron chi connectivity index (χ0n) is 16.2. The molecule has 0 aliphatic rings. The normalized spacial score (nSPS) is 12.1. The standard InChI is InChI=1S/C24H20N2O2S2/c1-2-18-26-22(19-12-6-3-7-13-19)23(20-14-8-4-9-15-20)29-24(26)25-30(27,28)21-16-10-5-11-17-21/h2-17H,1,18H2. The van der Waals surface area contributed by atoms with Crippen molar-refractivity contribution < 1.29 is 8.42 Å². The largest absolute Gasteiger partial charge is 0.311 e. The molecule has 0 saturated heterocycles. The molecule has 0 N–H and O–H groups in total. The van der Waals surface area contributed by atoms with E-state index in [9.17, 15) is 8.42 Å². The fourth-order valence-corrected chi connectivity index (χ4v) is 5.59. The van der Waals surface area contributed by atoms with Crippen molar-refractivity contribution in [3.8, 4) is 21.7 Å². The number of rotatable bonds is 6. The van der Waals surface area contributed by atoms with Crippen molar-refractivity contribution in [1.82, 2.24) is 4.57 Å². The number of allylic oxidation sites excluding steroid dienone is 1. The van der Waals surface area contributed by atoms with E-state index >= 15 is 0 Å². The molecule has 4 nitrogen and oxygen atoms in total. The second-order valence-electron chi connectivity index (χ2n) is 6.57. The zero-order valence-corrected chi connectivity index (χ0v) is 17.8. The molecule has 0 amide bonds. The first-order valence-corrected chi connectivity index (χ1v) is 11.7. The molecule has 0 saturated carbocycles. The molecule has 0 aliphatic heterocycles. The van der Waals surface area contributed by atoms with Gasteiger partial charge in [-0.1, -0.05) is 96.3 Å². The number of hydrogen-bond donors (Lipinski definition) is 0. The van der Waals surface area contributed by atoms with E-state index in [2.05, 4.69) is 11.0 Å². The SMILES string of the molecule is C=CCn1c(-c2ccccc2)c(-c2ccccc2)sc1=NS(=O)(=O)c1ccccc1. The van der Waals surface area contributed by atoms with Crippen LogP contribution in [0.3, 0.4) is 0 Å². The van der Waals surface area contributed by atoms with E-state index in [1.807, 2.05) is 65.2 Å². The van der Waals surface area contributed by atoms with Crippen molar-refractivity contribution >= 4 is 21.4 Å². The lowest BCUT2D eigenvalue weighted by atomic mass is 10.1. The maximum Gasteiger partial charge on any atom is 0.285 e. The minimum atomic E-state index is -3.84. The molecule has 0 fully saturated rings. The first-order valence-electron chi connectivity index (χ1n) is 9.41. The summed E-state index contributed by atoms with van der Waals surface area (Å²) >= 11 is 1.36. The Hall–Kier alpha value is -3.22. The number of thiazole rings is 1. The third-order valence-electron chi connectivity index (χ3n) is 4.54. The number of benzene rings is 3. The van der Waals surface area contributed by atoms with Crippen LogP contribution >= 0.6 is 11.3 Å². The van der Waals surface area contributed by atoms with Crippen molar-refractivity contribution in [2.75, 3.05) is 0 Å². The first-order chi connectivity index (χ1) is 14.6. The number of sulfonamides is 1. The Morgan fingerprint density at radius 3 is 1.93 bits per heavy atom. The smallest absolute Gasteiger partial charge is 0.285 e. The van der Waals surface area contributed by atoms with Gasteiger partial charge in [0, 0.05) is 6.54 Å². The lowest BCUT2D eigenvalue weighted by Crippen LogP contribution is -2.17. The minimum Gasteiger partial charge on any atom is -0.311 e. The predicted octanol–water partition coefficient (Wildman–Crippen LogP) is 5.36. The van der Waals surface area contributed by atoms with Gasteiger partial charge in [0.1, 0.15) is 0 Å². The van der Waals surface area contributed by atoms with Crippen LogP contribution in [0.5, 0.6) is 0 Å². The predicted molar refractivity (Wildman–Crippen MR) is 123 cm³/mol. The number of hydrogen-bond acceptors (Lipinski definition) is 3. The molecule has 6 heteroatoms. The Morgan fingerprint density at radius 2 is 1.37 bits per heavy atom. The van der Waals surface area contributed by atoms with Crippen LogP contribution in [-0.2, 0) is 16.6 Å². The Balaban J connectivity index is 2.03. The fourth-order valence-electron chi connectivity index (χ4n) is 3.20. The van der Waals surface area contributed by atoms with E-state index in [0.29, 0.717) is 11.3 Å². The summed E-state index contributed by atoms with van der Waals surface area (Å²) in [6.45, 7) is 4.30. The van der Waals surface area contributed by atoms with Gasteiger partial charge < -0.3 is 4.57 Å². The zero-order chi connectivity index (χ0) is 21.0. The van der Waals surface area contributed by atoms with Crippen LogP contribution in [0.2, 0.25) is 0 Å². The van der Waals surface area contributed by atoms with E-state index in [1.165, 1.54) is 11.3 Å². The minimum absolute atomic E-state index is 0.172. The number of nitrogens with zero attached hydrogens (tertiary/aromatic N) is 2. The molecule has 30 heavy (non-hydrogen) atoms. The van der Waals surface area contributed by atoms with Crippen molar-refractivity contribution in [1.29, 1.82) is 0 Å². The maximum absolute atomic E-state index is 13.0. The number of aromatic nitrogens is 1. The molecule has 1 aromatic heterocycles. The molecule has 0 unspecified atom stereocenters. The summed E-state index contributed by atoms with van der Waals surface area (Å²) in [7, 11) is -3.84. The molecule has 4 aromatic rings. The molecule has 0 aliphatic carbocycles. The highest BCUT2D eigenvalue weighted by Crippen LogP contribution is 2.34. The van der Waals surface area contributed by atoms with E-state index in [0.717, 1.165) is 21.7 Å². The molecule has 0 radical (unpaired) electrons. The summed E-state index contributed by atoms with van der Waals surface area (Å²) in [5.74, 6) is 0. The maximum atomic E-state index is 13.0. The van der Waals surface area contributed by atoms with Crippen LogP contribution in [0, 0.1) is 0 Å². The molecule has 3 aromatic carbocycles. The van der Waals surface area contributed by atoms with Gasteiger partial charge in [-0.05, 0) is 23.3 Å². The summed E-state index contributed by atoms with van der Waals surface area (Å²) < 4.78 is 32.0. The van der Waals surface area contributed by atoms with E-state index in [1.54, 1.807) is 36.4 Å². The van der Waals surface area contributed by atoms with Gasteiger partial charge in [-0.15, -0.1) is 11.0 Å². The van der Waals surface area contributed by atoms with Gasteiger partial charge in [0.15, 0.2) is 0 Å². The van der Waals surface area contributed by atoms with Crippen molar-refractivity contribution in [2.45, 2.75) is 11.4 Å². The second kappa shape index (κ2) is 8.65. The Labute approximate surface area is 180 Å². The van der Waals surface area contributed by atoms with Crippen LogP contribution < -0.4 is 4.80 Å². The van der Waals surface area contributed by atoms with Crippen LogP contribution in [-0.4, -0.2) is 13.0 Å². The molecular weight excluding hydrogens is 412 g/mol. The molecular formula is C24H20N2O2S2. The van der Waals surface area contributed by atoms with Gasteiger partial charge in [0.05, 0.1) is 15.5 Å². The van der Waals surface area contributed by atoms with Crippen LogP contribution in [0.4, 0.5) is 0 Å². The van der Waals surface area contributed by atoms with Crippen LogP contribution in [0.25, 0.3) is 21.7 Å². The van der Waals surface area contributed by atoms with Gasteiger partial charge >= 0.3 is 0 Å². The quantitative estimate of drug-likeness (QED) is 0.385. The second-order valence-corrected chi connectivity index (χ2v) is 9.15. The topological polar surface area (TPSA) is 51.4 Å². The Morgan fingerprint density at radius 1 is 0.833 bits per heavy atom. The van der Waals surface area contributed by atoms with Crippen LogP contribution in [0.15, 0.2) is 113 Å². The highest BCUT2D eigenvalue weighted by atomic mass is 32.2. The molecule has 0 spiro atoms. The van der Waals surface area contributed by atoms with E-state index in [-0.39, 0.29) is 4.90 Å². The highest BCUT2D eigenvalue weighted by molar-refractivity contribution is 7.90. The Bertz CT molecular complexity index is 1320.